The molecule has 0 amide bonds. The van der Waals surface area contributed by atoms with Crippen LogP contribution in [0.2, 0.25) is 0 Å². The van der Waals surface area contributed by atoms with Gasteiger partial charge in [-0.2, -0.15) is 14.9 Å². The molecule has 0 radical (unpaired) electrons. The van der Waals surface area contributed by atoms with Crippen molar-refractivity contribution < 1.29 is 5.11 Å². The van der Waals surface area contributed by atoms with Crippen molar-refractivity contribution in [3.63, 3.8) is 0 Å². The van der Waals surface area contributed by atoms with E-state index in [-0.39, 0.29) is 5.75 Å². The van der Waals surface area contributed by atoms with Crippen molar-refractivity contribution in [2.75, 3.05) is 0 Å². The van der Waals surface area contributed by atoms with Gasteiger partial charge in [-0.05, 0) is 82.5 Å². The quantitative estimate of drug-likeness (QED) is 0.276. The maximum absolute atomic E-state index is 10.2. The molecule has 1 aromatic heterocycles. The fraction of sp³-hybridized carbons (Fsp3) is 0.0625. The summed E-state index contributed by atoms with van der Waals surface area (Å²) in [7, 11) is 0. The number of nitrogens with one attached hydrogen (secondary N) is 1. The molecule has 0 aliphatic carbocycles. The second-order valence-electron chi connectivity index (χ2n) is 5.10. The summed E-state index contributed by atoms with van der Waals surface area (Å²) in [5, 5.41) is 21.6. The molecule has 8 heteroatoms. The lowest BCUT2D eigenvalue weighted by Gasteiger charge is -2.04. The highest BCUT2D eigenvalue weighted by Gasteiger charge is 2.09. The van der Waals surface area contributed by atoms with Gasteiger partial charge in [0.05, 0.1) is 9.78 Å². The summed E-state index contributed by atoms with van der Waals surface area (Å²) < 4.78 is 3.74. The van der Waals surface area contributed by atoms with Crippen LogP contribution in [0.1, 0.15) is 11.1 Å². The molecule has 24 heavy (non-hydrogen) atoms. The molecule has 2 aromatic carbocycles. The van der Waals surface area contributed by atoms with Crippen LogP contribution in [0.5, 0.6) is 5.75 Å². The first-order valence-corrected chi connectivity index (χ1v) is 9.49. The number of benzene rings is 2. The lowest BCUT2D eigenvalue weighted by atomic mass is 10.1. The predicted molar refractivity (Wildman–Crippen MR) is 114 cm³/mol. The molecular formula is C16H12I2N4OS. The van der Waals surface area contributed by atoms with E-state index in [1.807, 2.05) is 43.3 Å². The average molecular weight is 562 g/mol. The second-order valence-corrected chi connectivity index (χ2v) is 7.90. The third-order valence-electron chi connectivity index (χ3n) is 3.30. The SMILES string of the molecule is Cc1cccc(-c2n[nH]c(=S)n2/N=C/c2cc(I)cc(I)c2O)c1. The largest absolute Gasteiger partial charge is 0.506 e. The first kappa shape index (κ1) is 17.5. The Balaban J connectivity index is 2.06. The molecule has 0 saturated heterocycles. The Kier molecular flexibility index (Phi) is 5.35. The highest BCUT2D eigenvalue weighted by atomic mass is 127. The number of aromatic nitrogens is 3. The van der Waals surface area contributed by atoms with E-state index in [1.54, 1.807) is 10.9 Å². The van der Waals surface area contributed by atoms with Crippen LogP contribution in [0.3, 0.4) is 0 Å². The lowest BCUT2D eigenvalue weighted by molar-refractivity contribution is 0.470. The van der Waals surface area contributed by atoms with Crippen LogP contribution < -0.4 is 0 Å². The molecule has 0 saturated carbocycles. The molecule has 5 nitrogen and oxygen atoms in total. The third-order valence-corrected chi connectivity index (χ3v) is 5.01. The van der Waals surface area contributed by atoms with Crippen LogP contribution in [0, 0.1) is 18.8 Å². The second kappa shape index (κ2) is 7.31. The minimum Gasteiger partial charge on any atom is -0.506 e. The van der Waals surface area contributed by atoms with Gasteiger partial charge in [0, 0.05) is 14.7 Å². The first-order chi connectivity index (χ1) is 11.5. The van der Waals surface area contributed by atoms with Crippen molar-refractivity contribution in [2.45, 2.75) is 6.92 Å². The molecule has 2 N–H and O–H groups in total. The number of aryl methyl sites for hydroxylation is 1. The van der Waals surface area contributed by atoms with Crippen molar-refractivity contribution in [3.8, 4) is 17.1 Å². The van der Waals surface area contributed by atoms with Gasteiger partial charge in [0.2, 0.25) is 4.77 Å². The van der Waals surface area contributed by atoms with Gasteiger partial charge in [-0.3, -0.25) is 0 Å². The molecule has 3 rings (SSSR count). The highest BCUT2D eigenvalue weighted by molar-refractivity contribution is 14.1. The number of H-pyrrole nitrogens is 1. The van der Waals surface area contributed by atoms with Crippen LogP contribution >= 0.6 is 57.4 Å². The molecule has 0 aliphatic rings. The van der Waals surface area contributed by atoms with Gasteiger partial charge in [0.25, 0.3) is 0 Å². The Morgan fingerprint density at radius 2 is 2.08 bits per heavy atom. The summed E-state index contributed by atoms with van der Waals surface area (Å²) in [6.45, 7) is 2.02. The smallest absolute Gasteiger partial charge is 0.216 e. The molecule has 0 spiro atoms. The number of phenols is 1. The Bertz CT molecular complexity index is 994. The Hall–Kier alpha value is -1.27. The zero-order chi connectivity index (χ0) is 17.3. The average Bonchev–Trinajstić information content (AvgIpc) is 2.90. The number of nitrogens with zero attached hydrogens (tertiary/aromatic N) is 3. The summed E-state index contributed by atoms with van der Waals surface area (Å²) >= 11 is 9.57. The Morgan fingerprint density at radius 3 is 2.83 bits per heavy atom. The Morgan fingerprint density at radius 1 is 1.29 bits per heavy atom. The summed E-state index contributed by atoms with van der Waals surface area (Å²) in [5.74, 6) is 0.826. The number of hydrogen-bond donors (Lipinski definition) is 2. The molecule has 3 aromatic rings. The zero-order valence-electron chi connectivity index (χ0n) is 12.5. The maximum Gasteiger partial charge on any atom is 0.216 e. The van der Waals surface area contributed by atoms with Gasteiger partial charge >= 0.3 is 0 Å². The highest BCUT2D eigenvalue weighted by Crippen LogP contribution is 2.26. The molecule has 0 bridgehead atoms. The van der Waals surface area contributed by atoms with Crippen LogP contribution in [0.15, 0.2) is 41.5 Å². The van der Waals surface area contributed by atoms with Gasteiger partial charge in [-0.15, -0.1) is 0 Å². The molecule has 0 atom stereocenters. The molecule has 122 valence electrons. The van der Waals surface area contributed by atoms with E-state index in [4.69, 9.17) is 12.2 Å². The summed E-state index contributed by atoms with van der Waals surface area (Å²) in [6.07, 6.45) is 1.59. The summed E-state index contributed by atoms with van der Waals surface area (Å²) in [5.41, 5.74) is 2.67. The molecule has 0 unspecified atom stereocenters. The number of rotatable bonds is 3. The number of aromatic hydroxyl groups is 1. The normalized spacial score (nSPS) is 11.3. The van der Waals surface area contributed by atoms with E-state index in [0.717, 1.165) is 18.3 Å². The minimum absolute atomic E-state index is 0.201. The van der Waals surface area contributed by atoms with E-state index >= 15 is 0 Å². The van der Waals surface area contributed by atoms with Gasteiger partial charge in [0.15, 0.2) is 5.82 Å². The van der Waals surface area contributed by atoms with Crippen molar-refractivity contribution in [2.24, 2.45) is 5.10 Å². The lowest BCUT2D eigenvalue weighted by Crippen LogP contribution is -1.96. The van der Waals surface area contributed by atoms with Crippen molar-refractivity contribution >= 4 is 63.6 Å². The van der Waals surface area contributed by atoms with E-state index in [2.05, 4.69) is 60.5 Å². The first-order valence-electron chi connectivity index (χ1n) is 6.92. The number of aromatic amines is 1. The van der Waals surface area contributed by atoms with Crippen LogP contribution in [-0.4, -0.2) is 26.2 Å². The van der Waals surface area contributed by atoms with Crippen molar-refractivity contribution in [1.82, 2.24) is 14.9 Å². The molecule has 0 fully saturated rings. The third kappa shape index (κ3) is 3.70. The van der Waals surface area contributed by atoms with Crippen LogP contribution in [-0.2, 0) is 0 Å². The molecule has 0 aliphatic heterocycles. The van der Waals surface area contributed by atoms with Gasteiger partial charge in [-0.1, -0.05) is 23.8 Å². The van der Waals surface area contributed by atoms with Gasteiger partial charge in [-0.25, -0.2) is 5.10 Å². The summed E-state index contributed by atoms with van der Waals surface area (Å²) in [6, 6.07) is 11.7. The van der Waals surface area contributed by atoms with Gasteiger partial charge < -0.3 is 5.11 Å². The van der Waals surface area contributed by atoms with E-state index < -0.39 is 0 Å². The zero-order valence-corrected chi connectivity index (χ0v) is 17.6. The van der Waals surface area contributed by atoms with E-state index in [0.29, 0.717) is 16.2 Å². The monoisotopic (exact) mass is 562 g/mol. The van der Waals surface area contributed by atoms with Crippen LogP contribution in [0.25, 0.3) is 11.4 Å². The molecule has 1 heterocycles. The molecular weight excluding hydrogens is 550 g/mol. The minimum atomic E-state index is 0.201. The fourth-order valence-corrected chi connectivity index (χ4v) is 4.24. The number of phenolic OH excluding ortho intramolecular Hbond substituents is 1. The topological polar surface area (TPSA) is 66.2 Å². The van der Waals surface area contributed by atoms with E-state index in [1.165, 1.54) is 0 Å². The predicted octanol–water partition coefficient (Wildman–Crippen LogP) is 4.71. The summed E-state index contributed by atoms with van der Waals surface area (Å²) in [4.78, 5) is 0. The van der Waals surface area contributed by atoms with E-state index in [9.17, 15) is 5.11 Å². The maximum atomic E-state index is 10.2. The Labute approximate surface area is 171 Å². The number of hydrogen-bond acceptors (Lipinski definition) is 4. The standard InChI is InChI=1S/C16H12I2N4OS/c1-9-3-2-4-10(5-9)15-20-21-16(24)22(15)19-8-11-6-12(17)7-13(18)14(11)23/h2-8,23H,1H3,(H,21,24)/b19-8+. The van der Waals surface area contributed by atoms with Crippen molar-refractivity contribution in [3.05, 3.63) is 59.4 Å². The van der Waals surface area contributed by atoms with Crippen molar-refractivity contribution in [1.29, 1.82) is 0 Å². The van der Waals surface area contributed by atoms with Gasteiger partial charge in [0.1, 0.15) is 5.75 Å². The number of halogens is 2. The van der Waals surface area contributed by atoms with Crippen LogP contribution in [0.4, 0.5) is 0 Å². The fourth-order valence-electron chi connectivity index (χ4n) is 2.17.